The Kier molecular flexibility index (Phi) is 7.04. The number of amides is 2. The van der Waals surface area contributed by atoms with E-state index in [-0.39, 0.29) is 37.0 Å². The Bertz CT molecular complexity index is 349. The second kappa shape index (κ2) is 8.55. The van der Waals surface area contributed by atoms with Crippen molar-refractivity contribution in [3.8, 4) is 0 Å². The van der Waals surface area contributed by atoms with Crippen LogP contribution in [0.15, 0.2) is 0 Å². The molecule has 6 nitrogen and oxygen atoms in total. The van der Waals surface area contributed by atoms with E-state index in [0.717, 1.165) is 32.1 Å². The van der Waals surface area contributed by atoms with E-state index in [2.05, 4.69) is 10.6 Å². The molecule has 0 aromatic carbocycles. The maximum Gasteiger partial charge on any atom is 0.309 e. The van der Waals surface area contributed by atoms with Gasteiger partial charge < -0.3 is 15.4 Å². The predicted molar refractivity (Wildman–Crippen MR) is 73.8 cm³/mol. The quantitative estimate of drug-likeness (QED) is 0.705. The van der Waals surface area contributed by atoms with E-state index >= 15 is 0 Å². The number of carbonyl (C=O) groups is 3. The molecule has 0 aliphatic heterocycles. The van der Waals surface area contributed by atoms with Crippen LogP contribution in [0.5, 0.6) is 0 Å². The fourth-order valence-electron chi connectivity index (χ4n) is 2.20. The first-order valence-corrected chi connectivity index (χ1v) is 7.21. The molecule has 2 N–H and O–H groups in total. The van der Waals surface area contributed by atoms with Crippen LogP contribution >= 0.6 is 0 Å². The SMILES string of the molecule is CC(C)NC(=O)CNC(=O)COC(=O)C1CCCCC1. The van der Waals surface area contributed by atoms with Gasteiger partial charge in [0.1, 0.15) is 0 Å². The molecule has 114 valence electrons. The number of nitrogens with one attached hydrogen (secondary N) is 2. The zero-order valence-electron chi connectivity index (χ0n) is 12.2. The number of esters is 1. The van der Waals surface area contributed by atoms with Gasteiger partial charge in [0, 0.05) is 6.04 Å². The van der Waals surface area contributed by atoms with Crippen LogP contribution in [0, 0.1) is 5.92 Å². The lowest BCUT2D eigenvalue weighted by atomic mass is 9.89. The summed E-state index contributed by atoms with van der Waals surface area (Å²) in [6.45, 7) is 3.26. The third-order valence-electron chi connectivity index (χ3n) is 3.18. The van der Waals surface area contributed by atoms with E-state index in [9.17, 15) is 14.4 Å². The summed E-state index contributed by atoms with van der Waals surface area (Å²) in [5.74, 6) is -1.08. The minimum Gasteiger partial charge on any atom is -0.455 e. The van der Waals surface area contributed by atoms with Crippen molar-refractivity contribution in [2.24, 2.45) is 5.92 Å². The Balaban J connectivity index is 2.15. The molecule has 0 aromatic heterocycles. The molecule has 0 bridgehead atoms. The smallest absolute Gasteiger partial charge is 0.309 e. The summed E-state index contributed by atoms with van der Waals surface area (Å²) in [6, 6.07) is 0.0310. The monoisotopic (exact) mass is 284 g/mol. The fourth-order valence-corrected chi connectivity index (χ4v) is 2.20. The number of ether oxygens (including phenoxy) is 1. The zero-order valence-corrected chi connectivity index (χ0v) is 12.2. The summed E-state index contributed by atoms with van der Waals surface area (Å²) in [5.41, 5.74) is 0. The molecule has 6 heteroatoms. The normalized spacial score (nSPS) is 15.8. The Hall–Kier alpha value is -1.59. The van der Waals surface area contributed by atoms with Crippen LogP contribution < -0.4 is 10.6 Å². The van der Waals surface area contributed by atoms with Crippen molar-refractivity contribution in [2.45, 2.75) is 52.0 Å². The Morgan fingerprint density at radius 1 is 1.10 bits per heavy atom. The maximum atomic E-state index is 11.7. The molecule has 1 rings (SSSR count). The highest BCUT2D eigenvalue weighted by Gasteiger charge is 2.23. The molecule has 0 unspecified atom stereocenters. The van der Waals surface area contributed by atoms with Gasteiger partial charge in [-0.05, 0) is 26.7 Å². The number of carbonyl (C=O) groups excluding carboxylic acids is 3. The molecule has 0 saturated heterocycles. The van der Waals surface area contributed by atoms with Gasteiger partial charge in [0.2, 0.25) is 5.91 Å². The molecule has 1 aliphatic rings. The molecule has 20 heavy (non-hydrogen) atoms. The van der Waals surface area contributed by atoms with Gasteiger partial charge in [0.05, 0.1) is 12.5 Å². The van der Waals surface area contributed by atoms with Gasteiger partial charge in [-0.1, -0.05) is 19.3 Å². The average Bonchev–Trinajstić information content (AvgIpc) is 2.42. The van der Waals surface area contributed by atoms with Crippen molar-refractivity contribution in [2.75, 3.05) is 13.2 Å². The second-order valence-corrected chi connectivity index (χ2v) is 5.44. The molecule has 1 saturated carbocycles. The van der Waals surface area contributed by atoms with Crippen molar-refractivity contribution >= 4 is 17.8 Å². The summed E-state index contributed by atoms with van der Waals surface area (Å²) in [6.07, 6.45) is 4.94. The van der Waals surface area contributed by atoms with Crippen LogP contribution in [0.4, 0.5) is 0 Å². The number of hydrogen-bond acceptors (Lipinski definition) is 4. The minimum absolute atomic E-state index is 0.0310. The van der Waals surface area contributed by atoms with Crippen molar-refractivity contribution < 1.29 is 19.1 Å². The number of rotatable bonds is 6. The van der Waals surface area contributed by atoms with Crippen molar-refractivity contribution in [1.29, 1.82) is 0 Å². The predicted octanol–water partition coefficient (Wildman–Crippen LogP) is 0.751. The third-order valence-corrected chi connectivity index (χ3v) is 3.18. The molecular formula is C14H24N2O4. The maximum absolute atomic E-state index is 11.7. The van der Waals surface area contributed by atoms with Crippen LogP contribution in [-0.2, 0) is 19.1 Å². The lowest BCUT2D eigenvalue weighted by molar-refractivity contribution is -0.153. The minimum atomic E-state index is -0.451. The summed E-state index contributed by atoms with van der Waals surface area (Å²) in [7, 11) is 0. The lowest BCUT2D eigenvalue weighted by Gasteiger charge is -2.19. The van der Waals surface area contributed by atoms with E-state index < -0.39 is 5.91 Å². The van der Waals surface area contributed by atoms with E-state index in [1.807, 2.05) is 13.8 Å². The van der Waals surface area contributed by atoms with Gasteiger partial charge in [-0.2, -0.15) is 0 Å². The standard InChI is InChI=1S/C14H24N2O4/c1-10(2)16-12(17)8-15-13(18)9-20-14(19)11-6-4-3-5-7-11/h10-11H,3-9H2,1-2H3,(H,15,18)(H,16,17). The first-order chi connectivity index (χ1) is 9.49. The summed E-state index contributed by atoms with van der Waals surface area (Å²) in [4.78, 5) is 34.5. The second-order valence-electron chi connectivity index (χ2n) is 5.44. The van der Waals surface area contributed by atoms with Crippen LogP contribution in [0.25, 0.3) is 0 Å². The van der Waals surface area contributed by atoms with Crippen molar-refractivity contribution in [1.82, 2.24) is 10.6 Å². The van der Waals surface area contributed by atoms with E-state index in [0.29, 0.717) is 0 Å². The molecule has 0 radical (unpaired) electrons. The highest BCUT2D eigenvalue weighted by molar-refractivity contribution is 5.86. The zero-order chi connectivity index (χ0) is 15.0. The molecule has 0 heterocycles. The molecule has 0 aromatic rings. The van der Waals surface area contributed by atoms with Crippen LogP contribution in [0.1, 0.15) is 46.0 Å². The summed E-state index contributed by atoms with van der Waals surface area (Å²) < 4.78 is 4.97. The van der Waals surface area contributed by atoms with E-state index in [1.54, 1.807) is 0 Å². The highest BCUT2D eigenvalue weighted by Crippen LogP contribution is 2.24. The molecular weight excluding hydrogens is 260 g/mol. The first kappa shape index (κ1) is 16.5. The largest absolute Gasteiger partial charge is 0.455 e. The van der Waals surface area contributed by atoms with Gasteiger partial charge in [-0.15, -0.1) is 0 Å². The highest BCUT2D eigenvalue weighted by atomic mass is 16.5. The summed E-state index contributed by atoms with van der Waals surface area (Å²) >= 11 is 0. The molecule has 0 atom stereocenters. The van der Waals surface area contributed by atoms with Gasteiger partial charge in [0.15, 0.2) is 6.61 Å². The molecule has 2 amide bonds. The van der Waals surface area contributed by atoms with Gasteiger partial charge >= 0.3 is 5.97 Å². The van der Waals surface area contributed by atoms with Crippen LogP contribution in [0.2, 0.25) is 0 Å². The third kappa shape index (κ3) is 6.54. The lowest BCUT2D eigenvalue weighted by Crippen LogP contribution is -2.41. The van der Waals surface area contributed by atoms with Crippen LogP contribution in [-0.4, -0.2) is 37.0 Å². The summed E-state index contributed by atoms with van der Waals surface area (Å²) in [5, 5.41) is 5.07. The number of hydrogen-bond donors (Lipinski definition) is 2. The topological polar surface area (TPSA) is 84.5 Å². The van der Waals surface area contributed by atoms with Crippen LogP contribution in [0.3, 0.4) is 0 Å². The molecule has 1 fully saturated rings. The van der Waals surface area contributed by atoms with Crippen molar-refractivity contribution in [3.05, 3.63) is 0 Å². The van der Waals surface area contributed by atoms with E-state index in [1.165, 1.54) is 0 Å². The van der Waals surface area contributed by atoms with Gasteiger partial charge in [-0.3, -0.25) is 14.4 Å². The van der Waals surface area contributed by atoms with Crippen molar-refractivity contribution in [3.63, 3.8) is 0 Å². The van der Waals surface area contributed by atoms with Gasteiger partial charge in [-0.25, -0.2) is 0 Å². The Morgan fingerprint density at radius 3 is 2.35 bits per heavy atom. The first-order valence-electron chi connectivity index (χ1n) is 7.21. The average molecular weight is 284 g/mol. The van der Waals surface area contributed by atoms with E-state index in [4.69, 9.17) is 4.74 Å². The fraction of sp³-hybridized carbons (Fsp3) is 0.786. The molecule has 1 aliphatic carbocycles. The molecule has 0 spiro atoms. The Morgan fingerprint density at radius 2 is 1.75 bits per heavy atom. The van der Waals surface area contributed by atoms with Gasteiger partial charge in [0.25, 0.3) is 5.91 Å². The Labute approximate surface area is 119 Å².